The minimum absolute atomic E-state index is 0.675. The van der Waals surface area contributed by atoms with E-state index in [1.807, 2.05) is 18.2 Å². The molecule has 0 unspecified atom stereocenters. The number of anilines is 1. The Balaban J connectivity index is 1.81. The maximum Gasteiger partial charge on any atom is 0.0992 e. The number of halogens is 1. The second-order valence-corrected chi connectivity index (χ2v) is 5.18. The molecular weight excluding hydrogens is 292 g/mol. The zero-order valence-corrected chi connectivity index (χ0v) is 11.8. The van der Waals surface area contributed by atoms with E-state index in [1.165, 1.54) is 0 Å². The molecule has 0 radical (unpaired) electrons. The van der Waals surface area contributed by atoms with E-state index in [9.17, 15) is 0 Å². The minimum atomic E-state index is 0.675. The Hall–Kier alpha value is -1.09. The predicted molar refractivity (Wildman–Crippen MR) is 76.7 cm³/mol. The molecule has 0 aliphatic carbocycles. The van der Waals surface area contributed by atoms with Crippen molar-refractivity contribution in [2.24, 2.45) is 0 Å². The van der Waals surface area contributed by atoms with Gasteiger partial charge in [0.1, 0.15) is 0 Å². The Kier molecular flexibility index (Phi) is 5.00. The van der Waals surface area contributed by atoms with E-state index >= 15 is 0 Å². The van der Waals surface area contributed by atoms with E-state index in [0.717, 1.165) is 49.4 Å². The van der Waals surface area contributed by atoms with Crippen molar-refractivity contribution >= 4 is 21.6 Å². The number of hydrogen-bond donors (Lipinski definition) is 2. The molecule has 1 aliphatic heterocycles. The Labute approximate surface area is 116 Å². The highest BCUT2D eigenvalue weighted by molar-refractivity contribution is 9.10. The number of nitriles is 1. The van der Waals surface area contributed by atoms with E-state index in [2.05, 4.69) is 37.5 Å². The fourth-order valence-electron chi connectivity index (χ4n) is 2.01. The van der Waals surface area contributed by atoms with Crippen molar-refractivity contribution in [3.63, 3.8) is 0 Å². The highest BCUT2D eigenvalue weighted by Crippen LogP contribution is 2.23. The average molecular weight is 309 g/mol. The lowest BCUT2D eigenvalue weighted by molar-refractivity contribution is 0.249. The summed E-state index contributed by atoms with van der Waals surface area (Å²) in [5, 5.41) is 15.5. The SMILES string of the molecule is N#Cc1ccc(NCCN2CCNCC2)c(Br)c1. The molecular formula is C13H17BrN4. The highest BCUT2D eigenvalue weighted by Gasteiger charge is 2.08. The Morgan fingerprint density at radius 2 is 2.17 bits per heavy atom. The van der Waals surface area contributed by atoms with Gasteiger partial charge >= 0.3 is 0 Å². The summed E-state index contributed by atoms with van der Waals surface area (Å²) in [6.07, 6.45) is 0. The molecule has 4 nitrogen and oxygen atoms in total. The van der Waals surface area contributed by atoms with Crippen molar-refractivity contribution in [3.05, 3.63) is 28.2 Å². The van der Waals surface area contributed by atoms with Crippen molar-refractivity contribution in [2.45, 2.75) is 0 Å². The quantitative estimate of drug-likeness (QED) is 0.888. The first-order valence-electron chi connectivity index (χ1n) is 6.16. The molecule has 0 bridgehead atoms. The molecule has 96 valence electrons. The van der Waals surface area contributed by atoms with Crippen molar-refractivity contribution in [2.75, 3.05) is 44.6 Å². The molecule has 0 saturated carbocycles. The van der Waals surface area contributed by atoms with Gasteiger partial charge in [0, 0.05) is 49.4 Å². The number of hydrogen-bond acceptors (Lipinski definition) is 4. The van der Waals surface area contributed by atoms with Gasteiger partial charge in [-0.2, -0.15) is 5.26 Å². The predicted octanol–water partition coefficient (Wildman–Crippen LogP) is 1.64. The van der Waals surface area contributed by atoms with Crippen LogP contribution in [-0.4, -0.2) is 44.2 Å². The van der Waals surface area contributed by atoms with Gasteiger partial charge in [-0.15, -0.1) is 0 Å². The van der Waals surface area contributed by atoms with Gasteiger partial charge in [0.25, 0.3) is 0 Å². The second kappa shape index (κ2) is 6.74. The van der Waals surface area contributed by atoms with Crippen molar-refractivity contribution in [3.8, 4) is 6.07 Å². The summed E-state index contributed by atoms with van der Waals surface area (Å²) in [5.74, 6) is 0. The van der Waals surface area contributed by atoms with Gasteiger partial charge in [-0.05, 0) is 34.1 Å². The number of piperazine rings is 1. The number of benzene rings is 1. The third-order valence-electron chi connectivity index (χ3n) is 3.05. The van der Waals surface area contributed by atoms with E-state index in [4.69, 9.17) is 5.26 Å². The second-order valence-electron chi connectivity index (χ2n) is 4.32. The monoisotopic (exact) mass is 308 g/mol. The van der Waals surface area contributed by atoms with Gasteiger partial charge in [0.2, 0.25) is 0 Å². The number of rotatable bonds is 4. The molecule has 1 saturated heterocycles. The molecule has 2 N–H and O–H groups in total. The van der Waals surface area contributed by atoms with Crippen LogP contribution in [0.1, 0.15) is 5.56 Å². The topological polar surface area (TPSA) is 51.1 Å². The Morgan fingerprint density at radius 1 is 1.39 bits per heavy atom. The van der Waals surface area contributed by atoms with Gasteiger partial charge < -0.3 is 10.6 Å². The van der Waals surface area contributed by atoms with Crippen LogP contribution in [0.25, 0.3) is 0 Å². The van der Waals surface area contributed by atoms with Gasteiger partial charge in [-0.3, -0.25) is 4.90 Å². The van der Waals surface area contributed by atoms with Crippen molar-refractivity contribution in [1.82, 2.24) is 10.2 Å². The number of nitrogens with zero attached hydrogens (tertiary/aromatic N) is 2. The Morgan fingerprint density at radius 3 is 2.83 bits per heavy atom. The van der Waals surface area contributed by atoms with Crippen LogP contribution in [-0.2, 0) is 0 Å². The molecule has 5 heteroatoms. The maximum atomic E-state index is 8.80. The molecule has 0 amide bonds. The van der Waals surface area contributed by atoms with Crippen LogP contribution in [0.2, 0.25) is 0 Å². The molecule has 2 rings (SSSR count). The molecule has 1 aromatic rings. The number of nitrogens with one attached hydrogen (secondary N) is 2. The maximum absolute atomic E-state index is 8.80. The molecule has 0 aromatic heterocycles. The molecule has 0 atom stereocenters. The summed E-state index contributed by atoms with van der Waals surface area (Å²) in [6.45, 7) is 6.38. The van der Waals surface area contributed by atoms with Crippen LogP contribution in [0.3, 0.4) is 0 Å². The minimum Gasteiger partial charge on any atom is -0.383 e. The van der Waals surface area contributed by atoms with E-state index in [1.54, 1.807) is 0 Å². The van der Waals surface area contributed by atoms with Gasteiger partial charge in [-0.25, -0.2) is 0 Å². The van der Waals surface area contributed by atoms with Crippen LogP contribution in [0, 0.1) is 11.3 Å². The molecule has 1 heterocycles. The first-order chi connectivity index (χ1) is 8.79. The van der Waals surface area contributed by atoms with Crippen LogP contribution >= 0.6 is 15.9 Å². The summed E-state index contributed by atoms with van der Waals surface area (Å²) in [4.78, 5) is 2.45. The lowest BCUT2D eigenvalue weighted by Crippen LogP contribution is -2.45. The molecule has 1 fully saturated rings. The van der Waals surface area contributed by atoms with E-state index in [0.29, 0.717) is 5.56 Å². The summed E-state index contributed by atoms with van der Waals surface area (Å²) >= 11 is 3.48. The zero-order chi connectivity index (χ0) is 12.8. The largest absolute Gasteiger partial charge is 0.383 e. The fraction of sp³-hybridized carbons (Fsp3) is 0.462. The standard InChI is InChI=1S/C13H17BrN4/c14-12-9-11(10-15)1-2-13(12)17-5-8-18-6-3-16-4-7-18/h1-2,9,16-17H,3-8H2. The third kappa shape index (κ3) is 3.70. The van der Waals surface area contributed by atoms with Gasteiger partial charge in [0.15, 0.2) is 0 Å². The normalized spacial score (nSPS) is 16.2. The van der Waals surface area contributed by atoms with Crippen LogP contribution < -0.4 is 10.6 Å². The molecule has 1 aromatic carbocycles. The van der Waals surface area contributed by atoms with Crippen LogP contribution in [0.4, 0.5) is 5.69 Å². The van der Waals surface area contributed by atoms with Crippen molar-refractivity contribution < 1.29 is 0 Å². The molecule has 1 aliphatic rings. The fourth-order valence-corrected chi connectivity index (χ4v) is 2.53. The van der Waals surface area contributed by atoms with Gasteiger partial charge in [0.05, 0.1) is 11.6 Å². The summed E-state index contributed by atoms with van der Waals surface area (Å²) in [7, 11) is 0. The van der Waals surface area contributed by atoms with Crippen molar-refractivity contribution in [1.29, 1.82) is 5.26 Å². The van der Waals surface area contributed by atoms with Gasteiger partial charge in [-0.1, -0.05) is 0 Å². The summed E-state index contributed by atoms with van der Waals surface area (Å²) < 4.78 is 0.946. The van der Waals surface area contributed by atoms with Crippen LogP contribution in [0.5, 0.6) is 0 Å². The molecule has 18 heavy (non-hydrogen) atoms. The highest BCUT2D eigenvalue weighted by atomic mass is 79.9. The average Bonchev–Trinajstić information content (AvgIpc) is 2.42. The van der Waals surface area contributed by atoms with E-state index in [-0.39, 0.29) is 0 Å². The van der Waals surface area contributed by atoms with E-state index < -0.39 is 0 Å². The first-order valence-corrected chi connectivity index (χ1v) is 6.95. The smallest absolute Gasteiger partial charge is 0.0992 e. The Bertz CT molecular complexity index is 435. The summed E-state index contributed by atoms with van der Waals surface area (Å²) in [6, 6.07) is 7.75. The first kappa shape index (κ1) is 13.3. The van der Waals surface area contributed by atoms with Crippen LogP contribution in [0.15, 0.2) is 22.7 Å². The summed E-state index contributed by atoms with van der Waals surface area (Å²) in [5.41, 5.74) is 1.72. The zero-order valence-electron chi connectivity index (χ0n) is 10.2. The lowest BCUT2D eigenvalue weighted by Gasteiger charge is -2.27. The lowest BCUT2D eigenvalue weighted by atomic mass is 10.2. The third-order valence-corrected chi connectivity index (χ3v) is 3.71. The molecule has 0 spiro atoms.